The third kappa shape index (κ3) is 4.40. The van der Waals surface area contributed by atoms with Crippen molar-refractivity contribution in [2.45, 2.75) is 12.8 Å². The number of hydrogen-bond acceptors (Lipinski definition) is 5. The second-order valence-electron chi connectivity index (χ2n) is 6.18. The van der Waals surface area contributed by atoms with Crippen LogP contribution in [0.15, 0.2) is 36.1 Å². The molecule has 0 aliphatic heterocycles. The third-order valence-corrected chi connectivity index (χ3v) is 4.24. The van der Waals surface area contributed by atoms with Crippen molar-refractivity contribution in [2.75, 3.05) is 44.1 Å². The number of anilines is 2. The van der Waals surface area contributed by atoms with Crippen molar-refractivity contribution in [3.8, 4) is 0 Å². The van der Waals surface area contributed by atoms with E-state index < -0.39 is 0 Å². The van der Waals surface area contributed by atoms with E-state index in [1.165, 1.54) is 5.57 Å². The average Bonchev–Trinajstić information content (AvgIpc) is 3.08. The van der Waals surface area contributed by atoms with Gasteiger partial charge in [-0.05, 0) is 12.8 Å². The molecule has 0 saturated heterocycles. The molecule has 8 nitrogen and oxygen atoms in total. The average molecular weight is 356 g/mol. The van der Waals surface area contributed by atoms with Gasteiger partial charge in [0, 0.05) is 39.5 Å². The number of pyridine rings is 1. The predicted octanol–water partition coefficient (Wildman–Crippen LogP) is 2.44. The Morgan fingerprint density at radius 2 is 2.35 bits per heavy atom. The van der Waals surface area contributed by atoms with Gasteiger partial charge in [0.1, 0.15) is 5.82 Å². The van der Waals surface area contributed by atoms with E-state index >= 15 is 0 Å². The van der Waals surface area contributed by atoms with Crippen LogP contribution in [0.25, 0.3) is 10.9 Å². The first kappa shape index (κ1) is 17.9. The van der Waals surface area contributed by atoms with Crippen molar-refractivity contribution in [3.05, 3.63) is 36.1 Å². The van der Waals surface area contributed by atoms with Crippen LogP contribution in [0.3, 0.4) is 0 Å². The number of nitrogens with one attached hydrogen (secondary N) is 3. The highest BCUT2D eigenvalue weighted by atomic mass is 16.5. The molecule has 0 aromatic carbocycles. The minimum Gasteiger partial charge on any atom is -0.383 e. The number of aromatic nitrogens is 3. The summed E-state index contributed by atoms with van der Waals surface area (Å²) in [6, 6.07) is 1.50. The molecule has 0 atom stereocenters. The minimum atomic E-state index is -0.274. The molecule has 3 N–H and O–H groups in total. The number of fused-ring (bicyclic) bond motifs is 1. The van der Waals surface area contributed by atoms with Crippen LogP contribution in [0.5, 0.6) is 0 Å². The summed E-state index contributed by atoms with van der Waals surface area (Å²) >= 11 is 0. The molecule has 0 spiro atoms. The summed E-state index contributed by atoms with van der Waals surface area (Å²) in [6.45, 7) is 1.88. The van der Waals surface area contributed by atoms with Crippen LogP contribution < -0.4 is 15.5 Å². The van der Waals surface area contributed by atoms with Gasteiger partial charge in [-0.3, -0.25) is 10.4 Å². The van der Waals surface area contributed by atoms with Gasteiger partial charge in [0.15, 0.2) is 5.82 Å². The molecule has 0 radical (unpaired) electrons. The molecule has 138 valence electrons. The summed E-state index contributed by atoms with van der Waals surface area (Å²) < 4.78 is 5.09. The highest BCUT2D eigenvalue weighted by Crippen LogP contribution is 2.24. The van der Waals surface area contributed by atoms with E-state index in [2.05, 4.69) is 31.9 Å². The Morgan fingerprint density at radius 3 is 3.12 bits per heavy atom. The summed E-state index contributed by atoms with van der Waals surface area (Å²) in [6.07, 6.45) is 9.89. The zero-order valence-electron chi connectivity index (χ0n) is 15.1. The number of carbonyl (C=O) groups is 1. The number of aromatic amines is 1. The highest BCUT2D eigenvalue weighted by Gasteiger charge is 2.12. The highest BCUT2D eigenvalue weighted by molar-refractivity contribution is 5.94. The van der Waals surface area contributed by atoms with Crippen LogP contribution in [-0.2, 0) is 4.74 Å². The molecule has 0 fully saturated rings. The lowest BCUT2D eigenvalue weighted by Gasteiger charge is -2.15. The van der Waals surface area contributed by atoms with Crippen LogP contribution in [-0.4, -0.2) is 55.1 Å². The van der Waals surface area contributed by atoms with Gasteiger partial charge in [0.2, 0.25) is 0 Å². The number of urea groups is 1. The van der Waals surface area contributed by atoms with Crippen molar-refractivity contribution < 1.29 is 9.53 Å². The quantitative estimate of drug-likeness (QED) is 0.708. The lowest BCUT2D eigenvalue weighted by atomic mass is 10.1. The van der Waals surface area contributed by atoms with Crippen molar-refractivity contribution >= 4 is 28.6 Å². The van der Waals surface area contributed by atoms with Crippen molar-refractivity contribution in [1.29, 1.82) is 0 Å². The number of rotatable bonds is 7. The largest absolute Gasteiger partial charge is 0.383 e. The molecule has 1 aliphatic rings. The Hall–Kier alpha value is -2.87. The SMILES string of the molecule is COCCN(C)c1n[nH]c2cc(NC(=O)NCC3=CC=CCC3)ncc12. The molecular weight excluding hydrogens is 332 g/mol. The number of nitrogens with zero attached hydrogens (tertiary/aromatic N) is 3. The topological polar surface area (TPSA) is 95.2 Å². The molecule has 2 aromatic rings. The first-order valence-electron chi connectivity index (χ1n) is 8.61. The van der Waals surface area contributed by atoms with E-state index in [-0.39, 0.29) is 6.03 Å². The standard InChI is InChI=1S/C18H24N6O2/c1-24(8-9-26-2)17-14-12-19-16(10-15(14)22-23-17)21-18(25)20-11-13-6-4-3-5-7-13/h3-4,6,10,12H,5,7-9,11H2,1-2H3,(H,22,23)(H2,19,20,21,25). The Kier molecular flexibility index (Phi) is 5.85. The zero-order chi connectivity index (χ0) is 18.4. The van der Waals surface area contributed by atoms with E-state index in [0.29, 0.717) is 19.0 Å². The van der Waals surface area contributed by atoms with Crippen LogP contribution in [0.1, 0.15) is 12.8 Å². The fourth-order valence-electron chi connectivity index (χ4n) is 2.75. The summed E-state index contributed by atoms with van der Waals surface area (Å²) in [5.74, 6) is 1.28. The molecule has 0 saturated carbocycles. The number of ether oxygens (including phenoxy) is 1. The van der Waals surface area contributed by atoms with Gasteiger partial charge < -0.3 is 15.0 Å². The van der Waals surface area contributed by atoms with E-state index in [0.717, 1.165) is 36.1 Å². The normalized spacial score (nSPS) is 13.5. The smallest absolute Gasteiger partial charge is 0.320 e. The monoisotopic (exact) mass is 356 g/mol. The summed E-state index contributed by atoms with van der Waals surface area (Å²) in [7, 11) is 3.62. The van der Waals surface area contributed by atoms with E-state index in [9.17, 15) is 4.79 Å². The number of H-pyrrole nitrogens is 1. The predicted molar refractivity (Wildman–Crippen MR) is 103 cm³/mol. The van der Waals surface area contributed by atoms with Crippen molar-refractivity contribution in [3.63, 3.8) is 0 Å². The molecule has 0 bridgehead atoms. The summed E-state index contributed by atoms with van der Waals surface area (Å²) in [5.41, 5.74) is 2.03. The molecular formula is C18H24N6O2. The molecule has 2 amide bonds. The van der Waals surface area contributed by atoms with Crippen LogP contribution in [0.2, 0.25) is 0 Å². The molecule has 3 rings (SSSR count). The van der Waals surface area contributed by atoms with Crippen molar-refractivity contribution in [2.24, 2.45) is 0 Å². The van der Waals surface area contributed by atoms with Crippen LogP contribution in [0.4, 0.5) is 16.4 Å². The van der Waals surface area contributed by atoms with Gasteiger partial charge in [-0.1, -0.05) is 23.8 Å². The molecule has 26 heavy (non-hydrogen) atoms. The Balaban J connectivity index is 1.61. The maximum absolute atomic E-state index is 12.1. The molecule has 1 aliphatic carbocycles. The number of allylic oxidation sites excluding steroid dienone is 3. The number of carbonyl (C=O) groups excluding carboxylic acids is 1. The first-order valence-corrected chi connectivity index (χ1v) is 8.61. The Morgan fingerprint density at radius 1 is 1.46 bits per heavy atom. The lowest BCUT2D eigenvalue weighted by Crippen LogP contribution is -2.30. The van der Waals surface area contributed by atoms with Gasteiger partial charge in [-0.2, -0.15) is 5.10 Å². The fourth-order valence-corrected chi connectivity index (χ4v) is 2.75. The van der Waals surface area contributed by atoms with Gasteiger partial charge in [-0.25, -0.2) is 9.78 Å². The van der Waals surface area contributed by atoms with Gasteiger partial charge in [0.05, 0.1) is 17.5 Å². The maximum atomic E-state index is 12.1. The second kappa shape index (κ2) is 8.48. The van der Waals surface area contributed by atoms with E-state index in [4.69, 9.17) is 4.74 Å². The van der Waals surface area contributed by atoms with E-state index in [1.54, 1.807) is 19.4 Å². The number of methoxy groups -OCH3 is 1. The van der Waals surface area contributed by atoms with Crippen LogP contribution >= 0.6 is 0 Å². The minimum absolute atomic E-state index is 0.274. The number of likely N-dealkylation sites (N-methyl/N-ethyl adjacent to an activating group) is 1. The molecule has 2 heterocycles. The van der Waals surface area contributed by atoms with Crippen LogP contribution in [0, 0.1) is 0 Å². The van der Waals surface area contributed by atoms with Gasteiger partial charge in [0.25, 0.3) is 0 Å². The van der Waals surface area contributed by atoms with E-state index in [1.807, 2.05) is 24.1 Å². The molecule has 2 aromatic heterocycles. The third-order valence-electron chi connectivity index (χ3n) is 4.24. The zero-order valence-corrected chi connectivity index (χ0v) is 15.1. The van der Waals surface area contributed by atoms with Gasteiger partial charge in [-0.15, -0.1) is 0 Å². The second-order valence-corrected chi connectivity index (χ2v) is 6.18. The first-order chi connectivity index (χ1) is 12.7. The Labute approximate surface area is 152 Å². The fraction of sp³-hybridized carbons (Fsp3) is 0.389. The lowest BCUT2D eigenvalue weighted by molar-refractivity contribution is 0.206. The molecule has 8 heteroatoms. The Bertz CT molecular complexity index is 826. The van der Waals surface area contributed by atoms with Gasteiger partial charge >= 0.3 is 6.03 Å². The summed E-state index contributed by atoms with van der Waals surface area (Å²) in [4.78, 5) is 18.4. The maximum Gasteiger partial charge on any atom is 0.320 e. The molecule has 0 unspecified atom stereocenters. The number of hydrogen-bond donors (Lipinski definition) is 3. The van der Waals surface area contributed by atoms with Crippen molar-refractivity contribution in [1.82, 2.24) is 20.5 Å². The number of amides is 2. The summed E-state index contributed by atoms with van der Waals surface area (Å²) in [5, 5.41) is 13.8.